The van der Waals surface area contributed by atoms with E-state index in [-0.39, 0.29) is 0 Å². The second kappa shape index (κ2) is 5.35. The van der Waals surface area contributed by atoms with Crippen LogP contribution in [-0.2, 0) is 6.54 Å². The number of likely N-dealkylation sites (tertiary alicyclic amines) is 1. The van der Waals surface area contributed by atoms with E-state index in [1.165, 1.54) is 19.4 Å². The molecule has 1 fully saturated rings. The zero-order valence-electron chi connectivity index (χ0n) is 9.42. The molecule has 1 unspecified atom stereocenters. The van der Waals surface area contributed by atoms with Crippen LogP contribution in [0.4, 0.5) is 0 Å². The molecule has 16 heavy (non-hydrogen) atoms. The van der Waals surface area contributed by atoms with Gasteiger partial charge in [-0.3, -0.25) is 4.90 Å². The van der Waals surface area contributed by atoms with Crippen molar-refractivity contribution in [2.45, 2.75) is 26.3 Å². The Kier molecular flexibility index (Phi) is 4.06. The van der Waals surface area contributed by atoms with Crippen molar-refractivity contribution >= 4 is 23.2 Å². The summed E-state index contributed by atoms with van der Waals surface area (Å²) in [7, 11) is 0. The van der Waals surface area contributed by atoms with Crippen molar-refractivity contribution in [3.8, 4) is 0 Å². The maximum absolute atomic E-state index is 6.06. The smallest absolute Gasteiger partial charge is 0.135 e. The zero-order chi connectivity index (χ0) is 11.5. The lowest BCUT2D eigenvalue weighted by atomic mass is 10.1. The molecule has 1 atom stereocenters. The fraction of sp³-hybridized carbons (Fsp3) is 0.583. The van der Waals surface area contributed by atoms with Crippen molar-refractivity contribution in [2.75, 3.05) is 13.1 Å². The van der Waals surface area contributed by atoms with Gasteiger partial charge in [-0.2, -0.15) is 0 Å². The molecule has 0 saturated carbocycles. The predicted molar refractivity (Wildman–Crippen MR) is 67.9 cm³/mol. The van der Waals surface area contributed by atoms with Crippen LogP contribution in [0.2, 0.25) is 10.3 Å². The highest BCUT2D eigenvalue weighted by molar-refractivity contribution is 6.32. The van der Waals surface area contributed by atoms with Gasteiger partial charge in [0.1, 0.15) is 10.3 Å². The van der Waals surface area contributed by atoms with Crippen molar-refractivity contribution in [1.29, 1.82) is 0 Å². The number of aromatic nitrogens is 1. The average molecular weight is 259 g/mol. The first-order valence-corrected chi connectivity index (χ1v) is 6.48. The van der Waals surface area contributed by atoms with Crippen LogP contribution < -0.4 is 0 Å². The van der Waals surface area contributed by atoms with Gasteiger partial charge in [0.25, 0.3) is 0 Å². The molecule has 1 saturated heterocycles. The molecule has 1 aliphatic heterocycles. The van der Waals surface area contributed by atoms with E-state index in [9.17, 15) is 0 Å². The minimum Gasteiger partial charge on any atom is -0.299 e. The molecular formula is C12H16Cl2N2. The molecule has 0 amide bonds. The maximum Gasteiger partial charge on any atom is 0.135 e. The molecule has 4 heteroatoms. The van der Waals surface area contributed by atoms with E-state index in [2.05, 4.69) is 16.8 Å². The van der Waals surface area contributed by atoms with E-state index < -0.39 is 0 Å². The number of hydrogen-bond acceptors (Lipinski definition) is 2. The summed E-state index contributed by atoms with van der Waals surface area (Å²) in [6, 6.07) is 3.77. The third-order valence-electron chi connectivity index (χ3n) is 3.23. The van der Waals surface area contributed by atoms with E-state index in [0.29, 0.717) is 10.3 Å². The highest BCUT2D eigenvalue weighted by Gasteiger charge is 2.21. The largest absolute Gasteiger partial charge is 0.299 e. The molecule has 88 valence electrons. The van der Waals surface area contributed by atoms with Gasteiger partial charge in [0.2, 0.25) is 0 Å². The van der Waals surface area contributed by atoms with Crippen molar-refractivity contribution in [3.05, 3.63) is 28.0 Å². The second-order valence-corrected chi connectivity index (χ2v) is 5.13. The first kappa shape index (κ1) is 12.2. The van der Waals surface area contributed by atoms with Crippen LogP contribution in [0.3, 0.4) is 0 Å². The Labute approximate surface area is 107 Å². The van der Waals surface area contributed by atoms with Crippen molar-refractivity contribution < 1.29 is 0 Å². The molecule has 2 heterocycles. The van der Waals surface area contributed by atoms with Crippen molar-refractivity contribution in [1.82, 2.24) is 9.88 Å². The van der Waals surface area contributed by atoms with Crippen LogP contribution in [0.15, 0.2) is 12.1 Å². The first-order chi connectivity index (χ1) is 7.69. The van der Waals surface area contributed by atoms with Crippen LogP contribution in [0.25, 0.3) is 0 Å². The topological polar surface area (TPSA) is 16.1 Å². The SMILES string of the molecule is CCC1CCN(Cc2ccc(Cl)nc2Cl)C1. The van der Waals surface area contributed by atoms with Gasteiger partial charge < -0.3 is 0 Å². The number of hydrogen-bond donors (Lipinski definition) is 0. The van der Waals surface area contributed by atoms with Gasteiger partial charge in [0.05, 0.1) is 0 Å². The van der Waals surface area contributed by atoms with E-state index in [1.807, 2.05) is 6.07 Å². The van der Waals surface area contributed by atoms with Gasteiger partial charge in [-0.15, -0.1) is 0 Å². The normalized spacial score (nSPS) is 21.6. The van der Waals surface area contributed by atoms with Crippen LogP contribution in [0, 0.1) is 5.92 Å². The van der Waals surface area contributed by atoms with Gasteiger partial charge >= 0.3 is 0 Å². The van der Waals surface area contributed by atoms with Crippen molar-refractivity contribution in [3.63, 3.8) is 0 Å². The molecule has 1 aromatic rings. The van der Waals surface area contributed by atoms with E-state index >= 15 is 0 Å². The van der Waals surface area contributed by atoms with Gasteiger partial charge in [0, 0.05) is 18.7 Å². The molecule has 0 spiro atoms. The van der Waals surface area contributed by atoms with E-state index in [4.69, 9.17) is 23.2 Å². The molecule has 0 radical (unpaired) electrons. The summed E-state index contributed by atoms with van der Waals surface area (Å²) in [6.07, 6.45) is 2.57. The van der Waals surface area contributed by atoms with Gasteiger partial charge in [-0.1, -0.05) is 42.6 Å². The molecule has 0 aromatic carbocycles. The summed E-state index contributed by atoms with van der Waals surface area (Å²) in [5.41, 5.74) is 1.07. The Morgan fingerprint density at radius 1 is 1.44 bits per heavy atom. The summed E-state index contributed by atoms with van der Waals surface area (Å²) < 4.78 is 0. The highest BCUT2D eigenvalue weighted by Crippen LogP contribution is 2.24. The average Bonchev–Trinajstić information content (AvgIpc) is 2.70. The summed E-state index contributed by atoms with van der Waals surface area (Å²) in [4.78, 5) is 6.49. The summed E-state index contributed by atoms with van der Waals surface area (Å²) in [5, 5.41) is 0.994. The minimum atomic E-state index is 0.460. The van der Waals surface area contributed by atoms with Crippen LogP contribution in [0.5, 0.6) is 0 Å². The number of halogens is 2. The Morgan fingerprint density at radius 3 is 2.88 bits per heavy atom. The molecule has 0 aliphatic carbocycles. The Balaban J connectivity index is 1.99. The predicted octanol–water partition coefficient (Wildman–Crippen LogP) is 3.62. The van der Waals surface area contributed by atoms with Crippen LogP contribution in [0.1, 0.15) is 25.3 Å². The Hall–Kier alpha value is -0.310. The molecule has 2 nitrogen and oxygen atoms in total. The molecular weight excluding hydrogens is 243 g/mol. The van der Waals surface area contributed by atoms with E-state index in [1.54, 1.807) is 6.07 Å². The first-order valence-electron chi connectivity index (χ1n) is 5.72. The summed E-state index contributed by atoms with van der Waals surface area (Å²) in [5.74, 6) is 0.846. The second-order valence-electron chi connectivity index (χ2n) is 4.38. The lowest BCUT2D eigenvalue weighted by molar-refractivity contribution is 0.315. The zero-order valence-corrected chi connectivity index (χ0v) is 10.9. The van der Waals surface area contributed by atoms with Crippen LogP contribution in [-0.4, -0.2) is 23.0 Å². The van der Waals surface area contributed by atoms with Gasteiger partial charge in [0.15, 0.2) is 0 Å². The number of nitrogens with zero attached hydrogens (tertiary/aromatic N) is 2. The maximum atomic E-state index is 6.06. The lowest BCUT2D eigenvalue weighted by Crippen LogP contribution is -2.20. The summed E-state index contributed by atoms with van der Waals surface area (Å²) >= 11 is 11.8. The minimum absolute atomic E-state index is 0.460. The molecule has 1 aliphatic rings. The lowest BCUT2D eigenvalue weighted by Gasteiger charge is -2.16. The molecule has 0 bridgehead atoms. The fourth-order valence-electron chi connectivity index (χ4n) is 2.19. The monoisotopic (exact) mass is 258 g/mol. The standard InChI is InChI=1S/C12H16Cl2N2/c1-2-9-5-6-16(7-9)8-10-3-4-11(13)15-12(10)14/h3-4,9H,2,5-8H2,1H3. The third-order valence-corrected chi connectivity index (χ3v) is 3.77. The Bertz CT molecular complexity index is 368. The number of pyridine rings is 1. The van der Waals surface area contributed by atoms with E-state index in [0.717, 1.165) is 24.6 Å². The van der Waals surface area contributed by atoms with Crippen LogP contribution >= 0.6 is 23.2 Å². The van der Waals surface area contributed by atoms with Gasteiger partial charge in [-0.25, -0.2) is 4.98 Å². The molecule has 2 rings (SSSR count). The van der Waals surface area contributed by atoms with Crippen molar-refractivity contribution in [2.24, 2.45) is 5.92 Å². The quantitative estimate of drug-likeness (QED) is 0.771. The number of rotatable bonds is 3. The fourth-order valence-corrected chi connectivity index (χ4v) is 2.59. The molecule has 1 aromatic heterocycles. The third kappa shape index (κ3) is 2.88. The molecule has 0 N–H and O–H groups in total. The Morgan fingerprint density at radius 2 is 2.25 bits per heavy atom. The summed E-state index contributed by atoms with van der Waals surface area (Å²) in [6.45, 7) is 5.48. The highest BCUT2D eigenvalue weighted by atomic mass is 35.5. The van der Waals surface area contributed by atoms with Gasteiger partial charge in [-0.05, 0) is 24.9 Å².